The van der Waals surface area contributed by atoms with Gasteiger partial charge in [0.15, 0.2) is 0 Å². The van der Waals surface area contributed by atoms with E-state index in [4.69, 9.17) is 5.73 Å². The molecule has 2 N–H and O–H groups in total. The second-order valence-corrected chi connectivity index (χ2v) is 5.85. The third-order valence-corrected chi connectivity index (χ3v) is 3.94. The summed E-state index contributed by atoms with van der Waals surface area (Å²) in [6, 6.07) is 0.293. The molecule has 0 aromatic rings. The number of carbonyl (C=O) groups is 1. The number of rotatable bonds is 3. The van der Waals surface area contributed by atoms with Gasteiger partial charge in [-0.2, -0.15) is 0 Å². The van der Waals surface area contributed by atoms with E-state index in [2.05, 4.69) is 18.7 Å². The zero-order valence-electron chi connectivity index (χ0n) is 11.9. The maximum atomic E-state index is 12.2. The lowest BCUT2D eigenvalue weighted by atomic mass is 10.0. The van der Waals surface area contributed by atoms with Gasteiger partial charge in [-0.25, -0.2) is 0 Å². The number of nitrogens with zero attached hydrogens (tertiary/aromatic N) is 2. The maximum absolute atomic E-state index is 12.2. The minimum atomic E-state index is -0.303. The Hall–Kier alpha value is -0.0300. The fourth-order valence-electron chi connectivity index (χ4n) is 3.03. The van der Waals surface area contributed by atoms with Crippen molar-refractivity contribution in [2.24, 2.45) is 11.7 Å². The molecule has 0 spiro atoms. The van der Waals surface area contributed by atoms with Crippen LogP contribution in [0.25, 0.3) is 0 Å². The number of halogens is 2. The third kappa shape index (κ3) is 4.78. The van der Waals surface area contributed by atoms with Crippen LogP contribution in [0.1, 0.15) is 33.1 Å². The highest BCUT2D eigenvalue weighted by molar-refractivity contribution is 5.85. The number of piperazine rings is 1. The molecule has 2 aliphatic heterocycles. The van der Waals surface area contributed by atoms with Crippen molar-refractivity contribution in [3.63, 3.8) is 0 Å². The van der Waals surface area contributed by atoms with Gasteiger partial charge in [-0.15, -0.1) is 24.8 Å². The standard InChI is InChI=1S/C13H25N3O.2ClH/c1-10(2)8-12(14)13(17)16-7-6-15-5-3-4-11(15)9-16;;/h10-12H,3-9,14H2,1-2H3;2*1H/t11?,12-;;/m0../s1. The van der Waals surface area contributed by atoms with Crippen LogP contribution in [-0.2, 0) is 4.79 Å². The zero-order valence-corrected chi connectivity index (χ0v) is 13.5. The predicted octanol–water partition coefficient (Wildman–Crippen LogP) is 1.51. The first kappa shape index (κ1) is 19.0. The Labute approximate surface area is 128 Å². The fraction of sp³-hybridized carbons (Fsp3) is 0.923. The molecule has 2 aliphatic rings. The van der Waals surface area contributed by atoms with Crippen LogP contribution >= 0.6 is 24.8 Å². The van der Waals surface area contributed by atoms with Crippen LogP contribution in [0.3, 0.4) is 0 Å². The van der Waals surface area contributed by atoms with Crippen molar-refractivity contribution in [1.82, 2.24) is 9.80 Å². The van der Waals surface area contributed by atoms with E-state index in [0.29, 0.717) is 12.0 Å². The average Bonchev–Trinajstić information content (AvgIpc) is 2.73. The number of hydrogen-bond donors (Lipinski definition) is 1. The maximum Gasteiger partial charge on any atom is 0.239 e. The molecule has 6 heteroatoms. The molecule has 114 valence electrons. The second-order valence-electron chi connectivity index (χ2n) is 5.85. The molecule has 4 nitrogen and oxygen atoms in total. The van der Waals surface area contributed by atoms with Crippen molar-refractivity contribution in [3.05, 3.63) is 0 Å². The van der Waals surface area contributed by atoms with Gasteiger partial charge in [-0.05, 0) is 31.7 Å². The molecule has 19 heavy (non-hydrogen) atoms. The highest BCUT2D eigenvalue weighted by atomic mass is 35.5. The summed E-state index contributed by atoms with van der Waals surface area (Å²) in [5.74, 6) is 0.645. The molecule has 2 atom stereocenters. The third-order valence-electron chi connectivity index (χ3n) is 3.94. The minimum absolute atomic E-state index is 0. The summed E-state index contributed by atoms with van der Waals surface area (Å²) in [6.07, 6.45) is 3.32. The number of amides is 1. The van der Waals surface area contributed by atoms with Crippen LogP contribution in [-0.4, -0.2) is 54.0 Å². The molecule has 0 radical (unpaired) electrons. The van der Waals surface area contributed by atoms with Gasteiger partial charge in [0.2, 0.25) is 5.91 Å². The van der Waals surface area contributed by atoms with E-state index in [0.717, 1.165) is 26.1 Å². The van der Waals surface area contributed by atoms with Crippen LogP contribution in [0.2, 0.25) is 0 Å². The Bertz CT molecular complexity index is 289. The van der Waals surface area contributed by atoms with E-state index in [1.165, 1.54) is 19.4 Å². The van der Waals surface area contributed by atoms with Crippen LogP contribution in [0, 0.1) is 5.92 Å². The summed E-state index contributed by atoms with van der Waals surface area (Å²) < 4.78 is 0. The summed E-state index contributed by atoms with van der Waals surface area (Å²) in [4.78, 5) is 16.7. The van der Waals surface area contributed by atoms with Crippen LogP contribution < -0.4 is 5.73 Å². The summed E-state index contributed by atoms with van der Waals surface area (Å²) in [6.45, 7) is 8.23. The van der Waals surface area contributed by atoms with E-state index in [1.54, 1.807) is 0 Å². The van der Waals surface area contributed by atoms with Crippen molar-refractivity contribution < 1.29 is 4.79 Å². The Morgan fingerprint density at radius 2 is 1.95 bits per heavy atom. The molecule has 0 aliphatic carbocycles. The predicted molar refractivity (Wildman–Crippen MR) is 83.1 cm³/mol. The number of nitrogens with two attached hydrogens (primary N) is 1. The molecule has 1 amide bonds. The van der Waals surface area contributed by atoms with Crippen molar-refractivity contribution in [3.8, 4) is 0 Å². The Morgan fingerprint density at radius 1 is 1.26 bits per heavy atom. The highest BCUT2D eigenvalue weighted by Gasteiger charge is 2.33. The quantitative estimate of drug-likeness (QED) is 0.859. The molecule has 1 unspecified atom stereocenters. The lowest BCUT2D eigenvalue weighted by Gasteiger charge is -2.38. The van der Waals surface area contributed by atoms with Gasteiger partial charge in [-0.1, -0.05) is 13.8 Å². The van der Waals surface area contributed by atoms with Gasteiger partial charge in [-0.3, -0.25) is 9.69 Å². The van der Waals surface area contributed by atoms with Gasteiger partial charge in [0, 0.05) is 25.7 Å². The topological polar surface area (TPSA) is 49.6 Å². The normalized spacial score (nSPS) is 24.4. The van der Waals surface area contributed by atoms with Crippen molar-refractivity contribution in [1.29, 1.82) is 0 Å². The molecule has 0 bridgehead atoms. The molecule has 2 rings (SSSR count). The first-order chi connectivity index (χ1) is 8.08. The summed E-state index contributed by atoms with van der Waals surface area (Å²) in [5.41, 5.74) is 5.98. The number of carbonyl (C=O) groups excluding carboxylic acids is 1. The number of hydrogen-bond acceptors (Lipinski definition) is 3. The van der Waals surface area contributed by atoms with Crippen molar-refractivity contribution in [2.75, 3.05) is 26.2 Å². The van der Waals surface area contributed by atoms with Gasteiger partial charge in [0.25, 0.3) is 0 Å². The molecule has 0 saturated carbocycles. The van der Waals surface area contributed by atoms with Gasteiger partial charge >= 0.3 is 0 Å². The lowest BCUT2D eigenvalue weighted by molar-refractivity contribution is -0.135. The zero-order chi connectivity index (χ0) is 12.4. The van der Waals surface area contributed by atoms with Crippen LogP contribution in [0.5, 0.6) is 0 Å². The molecular weight excluding hydrogens is 285 g/mol. The SMILES string of the molecule is CC(C)C[C@H](N)C(=O)N1CCN2CCCC2C1.Cl.Cl. The van der Waals surface area contributed by atoms with E-state index in [1.807, 2.05) is 4.90 Å². The Kier molecular flexibility index (Phi) is 8.29. The minimum Gasteiger partial charge on any atom is -0.338 e. The Morgan fingerprint density at radius 3 is 2.58 bits per heavy atom. The highest BCUT2D eigenvalue weighted by Crippen LogP contribution is 2.22. The van der Waals surface area contributed by atoms with E-state index in [-0.39, 0.29) is 36.8 Å². The van der Waals surface area contributed by atoms with Gasteiger partial charge in [0.1, 0.15) is 0 Å². The molecule has 2 heterocycles. The number of fused-ring (bicyclic) bond motifs is 1. The van der Waals surface area contributed by atoms with E-state index >= 15 is 0 Å². The lowest BCUT2D eigenvalue weighted by Crippen LogP contribution is -2.55. The summed E-state index contributed by atoms with van der Waals surface area (Å²) in [7, 11) is 0. The van der Waals surface area contributed by atoms with Crippen LogP contribution in [0.4, 0.5) is 0 Å². The van der Waals surface area contributed by atoms with Crippen LogP contribution in [0.15, 0.2) is 0 Å². The molecule has 0 aromatic carbocycles. The molecular formula is C13H27Cl2N3O. The van der Waals surface area contributed by atoms with Crippen molar-refractivity contribution >= 4 is 30.7 Å². The first-order valence-corrected chi connectivity index (χ1v) is 6.86. The van der Waals surface area contributed by atoms with Gasteiger partial charge < -0.3 is 10.6 Å². The molecule has 2 saturated heterocycles. The average molecular weight is 312 g/mol. The largest absolute Gasteiger partial charge is 0.338 e. The Balaban J connectivity index is 0.00000162. The summed E-state index contributed by atoms with van der Waals surface area (Å²) >= 11 is 0. The fourth-order valence-corrected chi connectivity index (χ4v) is 3.03. The monoisotopic (exact) mass is 311 g/mol. The van der Waals surface area contributed by atoms with Crippen molar-refractivity contribution in [2.45, 2.75) is 45.2 Å². The molecule has 0 aromatic heterocycles. The smallest absolute Gasteiger partial charge is 0.239 e. The van der Waals surface area contributed by atoms with Gasteiger partial charge in [0.05, 0.1) is 6.04 Å². The van der Waals surface area contributed by atoms with E-state index < -0.39 is 0 Å². The summed E-state index contributed by atoms with van der Waals surface area (Å²) in [5, 5.41) is 0. The second kappa shape index (κ2) is 8.30. The van der Waals surface area contributed by atoms with E-state index in [9.17, 15) is 4.79 Å². The molecule has 2 fully saturated rings. The first-order valence-electron chi connectivity index (χ1n) is 6.86.